The van der Waals surface area contributed by atoms with Crippen LogP contribution in [-0.2, 0) is 50.8 Å². The number of carbonyl (C=O) groups excluding carboxylic acids is 4. The topological polar surface area (TPSA) is 137 Å². The van der Waals surface area contributed by atoms with Gasteiger partial charge in [0.1, 0.15) is 23.3 Å². The van der Waals surface area contributed by atoms with Crippen molar-refractivity contribution in [3.8, 4) is 0 Å². The maximum Gasteiger partial charge on any atom is 0.494 e. The lowest BCUT2D eigenvalue weighted by atomic mass is 9.78. The number of amides is 4. The molecule has 352 valence electrons. The Labute approximate surface area is 383 Å². The van der Waals surface area contributed by atoms with Crippen LogP contribution in [-0.4, -0.2) is 130 Å². The van der Waals surface area contributed by atoms with Crippen molar-refractivity contribution in [2.45, 2.75) is 183 Å². The van der Waals surface area contributed by atoms with Crippen LogP contribution in [0.5, 0.6) is 0 Å². The molecule has 0 spiro atoms. The van der Waals surface area contributed by atoms with E-state index in [9.17, 15) is 19.2 Å². The highest BCUT2D eigenvalue weighted by Gasteiger charge is 2.53. The third-order valence-corrected chi connectivity index (χ3v) is 13.3. The molecule has 14 nitrogen and oxygen atoms in total. The van der Waals surface area contributed by atoms with E-state index >= 15 is 0 Å². The molecule has 6 rings (SSSR count). The molecule has 4 aliphatic rings. The Morgan fingerprint density at radius 1 is 0.578 bits per heavy atom. The summed E-state index contributed by atoms with van der Waals surface area (Å²) in [4.78, 5) is 57.5. The fraction of sp³-hybridized carbons (Fsp3) is 0.667. The Bertz CT molecular complexity index is 1900. The zero-order valence-corrected chi connectivity index (χ0v) is 41.9. The molecule has 2 aromatic carbocycles. The standard InChI is InChI=1S/2C24H37BN2O5/c2*1-16-14-19(25-31-23(6,7)24(8,9)32-25)11-10-18(16)15-26-12-13-27(17(2)20(26)28)21(29)30-22(3,4)5/h2*10-11,14,17H,12-13,15H2,1-9H3. The van der Waals surface area contributed by atoms with Gasteiger partial charge in [-0.2, -0.15) is 0 Å². The quantitative estimate of drug-likeness (QED) is 0.295. The van der Waals surface area contributed by atoms with Gasteiger partial charge in [0, 0.05) is 39.3 Å². The Balaban J connectivity index is 0.000000241. The number of carbonyl (C=O) groups is 4. The summed E-state index contributed by atoms with van der Waals surface area (Å²) in [7, 11) is -0.821. The highest BCUT2D eigenvalue weighted by Crippen LogP contribution is 2.38. The molecule has 2 aromatic rings. The number of hydrogen-bond acceptors (Lipinski definition) is 10. The highest BCUT2D eigenvalue weighted by molar-refractivity contribution is 6.62. The molecule has 4 saturated heterocycles. The summed E-state index contributed by atoms with van der Waals surface area (Å²) in [5.74, 6) is -0.145. The second-order valence-electron chi connectivity index (χ2n) is 21.8. The number of nitrogens with zero attached hydrogens (tertiary/aromatic N) is 4. The first-order chi connectivity index (χ1) is 29.2. The molecular formula is C48H74B2N4O10. The summed E-state index contributed by atoms with van der Waals surface area (Å²) in [5, 5.41) is 0. The number of aryl methyl sites for hydroxylation is 2. The van der Waals surface area contributed by atoms with E-state index in [1.165, 1.54) is 9.80 Å². The molecule has 0 bridgehead atoms. The first kappa shape index (κ1) is 50.9. The van der Waals surface area contributed by atoms with Crippen molar-refractivity contribution in [1.82, 2.24) is 19.6 Å². The molecule has 16 heteroatoms. The van der Waals surface area contributed by atoms with Crippen LogP contribution in [0.25, 0.3) is 0 Å². The molecule has 64 heavy (non-hydrogen) atoms. The summed E-state index contributed by atoms with van der Waals surface area (Å²) in [6.45, 7) is 37.7. The first-order valence-corrected chi connectivity index (χ1v) is 22.7. The second-order valence-corrected chi connectivity index (χ2v) is 21.8. The summed E-state index contributed by atoms with van der Waals surface area (Å²) in [6, 6.07) is 11.1. The fourth-order valence-corrected chi connectivity index (χ4v) is 7.77. The minimum Gasteiger partial charge on any atom is -0.444 e. The van der Waals surface area contributed by atoms with Crippen molar-refractivity contribution in [1.29, 1.82) is 0 Å². The van der Waals surface area contributed by atoms with Crippen molar-refractivity contribution in [2.75, 3.05) is 26.2 Å². The van der Waals surface area contributed by atoms with Crippen molar-refractivity contribution in [2.24, 2.45) is 0 Å². The van der Waals surface area contributed by atoms with E-state index in [1.807, 2.05) is 145 Å². The Kier molecular flexibility index (Phi) is 14.5. The van der Waals surface area contributed by atoms with E-state index in [0.29, 0.717) is 39.3 Å². The van der Waals surface area contributed by atoms with Gasteiger partial charge in [-0.05, 0) is 158 Å². The van der Waals surface area contributed by atoms with Crippen LogP contribution in [0, 0.1) is 13.8 Å². The molecule has 4 heterocycles. The molecule has 2 atom stereocenters. The van der Waals surface area contributed by atoms with Gasteiger partial charge in [0.15, 0.2) is 0 Å². The van der Waals surface area contributed by atoms with E-state index in [1.54, 1.807) is 13.8 Å². The summed E-state index contributed by atoms with van der Waals surface area (Å²) in [6.07, 6.45) is -0.887. The Hall–Kier alpha value is -4.11. The number of benzene rings is 2. The van der Waals surface area contributed by atoms with E-state index in [-0.39, 0.29) is 34.2 Å². The zero-order chi connectivity index (χ0) is 48.1. The van der Waals surface area contributed by atoms with Gasteiger partial charge in [-0.25, -0.2) is 9.59 Å². The fourth-order valence-electron chi connectivity index (χ4n) is 7.77. The van der Waals surface area contributed by atoms with Gasteiger partial charge in [-0.15, -0.1) is 0 Å². The largest absolute Gasteiger partial charge is 0.494 e. The predicted molar refractivity (Wildman–Crippen MR) is 249 cm³/mol. The average molecular weight is 889 g/mol. The third-order valence-electron chi connectivity index (χ3n) is 13.3. The summed E-state index contributed by atoms with van der Waals surface area (Å²) in [5.41, 5.74) is 3.49. The van der Waals surface area contributed by atoms with Crippen LogP contribution in [0.3, 0.4) is 0 Å². The van der Waals surface area contributed by atoms with Crippen LogP contribution >= 0.6 is 0 Å². The Morgan fingerprint density at radius 2 is 0.875 bits per heavy atom. The molecule has 4 aliphatic heterocycles. The van der Waals surface area contributed by atoms with Crippen molar-refractivity contribution in [3.05, 3.63) is 58.7 Å². The zero-order valence-electron chi connectivity index (χ0n) is 41.9. The lowest BCUT2D eigenvalue weighted by Crippen LogP contribution is -2.58. The lowest BCUT2D eigenvalue weighted by molar-refractivity contribution is -0.141. The van der Waals surface area contributed by atoms with E-state index in [0.717, 1.165) is 33.2 Å². The van der Waals surface area contributed by atoms with Gasteiger partial charge in [-0.3, -0.25) is 19.4 Å². The minimum absolute atomic E-state index is 0.0726. The van der Waals surface area contributed by atoms with Gasteiger partial charge in [0.05, 0.1) is 22.4 Å². The van der Waals surface area contributed by atoms with Gasteiger partial charge in [-0.1, -0.05) is 36.4 Å². The van der Waals surface area contributed by atoms with Gasteiger partial charge < -0.3 is 37.9 Å². The molecular weight excluding hydrogens is 814 g/mol. The molecule has 2 unspecified atom stereocenters. The van der Waals surface area contributed by atoms with Gasteiger partial charge >= 0.3 is 26.4 Å². The van der Waals surface area contributed by atoms with Crippen molar-refractivity contribution < 1.29 is 47.3 Å². The van der Waals surface area contributed by atoms with Crippen LogP contribution in [0.2, 0.25) is 0 Å². The summed E-state index contributed by atoms with van der Waals surface area (Å²) < 4.78 is 35.5. The second kappa shape index (κ2) is 18.3. The smallest absolute Gasteiger partial charge is 0.444 e. The van der Waals surface area contributed by atoms with Crippen LogP contribution in [0.4, 0.5) is 9.59 Å². The predicted octanol–water partition coefficient (Wildman–Crippen LogP) is 6.52. The van der Waals surface area contributed by atoms with Crippen molar-refractivity contribution in [3.63, 3.8) is 0 Å². The van der Waals surface area contributed by atoms with Crippen LogP contribution in [0.15, 0.2) is 36.4 Å². The lowest BCUT2D eigenvalue weighted by Gasteiger charge is -2.39. The van der Waals surface area contributed by atoms with Crippen LogP contribution < -0.4 is 10.9 Å². The SMILES string of the molecule is Cc1cc(B2OC(C)(C)C(C)(C)O2)ccc1CN1CCN(C(=O)OC(C)(C)C)C(C)C1=O.Cc1cc(B2OC(C)(C)C(C)(C)O2)ccc1CN1CCN(C(=O)OC(C)(C)C)C(C)C1=O. The van der Waals surface area contributed by atoms with E-state index in [4.69, 9.17) is 28.1 Å². The van der Waals surface area contributed by atoms with Crippen LogP contribution in [0.1, 0.15) is 133 Å². The van der Waals surface area contributed by atoms with Gasteiger partial charge in [0.25, 0.3) is 0 Å². The Morgan fingerprint density at radius 3 is 1.14 bits per heavy atom. The maximum absolute atomic E-state index is 13.0. The molecule has 0 saturated carbocycles. The number of ether oxygens (including phenoxy) is 2. The van der Waals surface area contributed by atoms with E-state index in [2.05, 4.69) is 12.1 Å². The van der Waals surface area contributed by atoms with Crippen molar-refractivity contribution >= 4 is 49.2 Å². The molecule has 0 aromatic heterocycles. The normalized spacial score (nSPS) is 23.0. The van der Waals surface area contributed by atoms with E-state index < -0.39 is 49.7 Å². The number of rotatable bonds is 6. The molecule has 4 amide bonds. The molecule has 0 radical (unpaired) electrons. The first-order valence-electron chi connectivity index (χ1n) is 22.7. The van der Waals surface area contributed by atoms with Gasteiger partial charge in [0.2, 0.25) is 11.8 Å². The third kappa shape index (κ3) is 11.5. The maximum atomic E-state index is 13.0. The number of hydrogen-bond donors (Lipinski definition) is 0. The molecule has 4 fully saturated rings. The summed E-state index contributed by atoms with van der Waals surface area (Å²) >= 11 is 0. The molecule has 0 N–H and O–H groups in total. The highest BCUT2D eigenvalue weighted by atomic mass is 16.7. The average Bonchev–Trinajstić information content (AvgIpc) is 3.51. The monoisotopic (exact) mass is 889 g/mol. The minimum atomic E-state index is -0.590. The number of piperazine rings is 2. The molecule has 0 aliphatic carbocycles.